The summed E-state index contributed by atoms with van der Waals surface area (Å²) in [5.74, 6) is 0. The van der Waals surface area contributed by atoms with Gasteiger partial charge in [-0.2, -0.15) is 0 Å². The molecule has 0 unspecified atom stereocenters. The van der Waals surface area contributed by atoms with E-state index in [1.54, 1.807) is 7.11 Å². The topological polar surface area (TPSA) is 22.3 Å². The first-order valence-corrected chi connectivity index (χ1v) is 8.56. The Hall–Kier alpha value is -0.880. The lowest BCUT2D eigenvalue weighted by atomic mass is 10.3. The lowest BCUT2D eigenvalue weighted by molar-refractivity contribution is 0.186. The van der Waals surface area contributed by atoms with Crippen molar-refractivity contribution in [3.05, 3.63) is 28.0 Å². The summed E-state index contributed by atoms with van der Waals surface area (Å²) in [4.78, 5) is 2.48. The molecule has 1 heterocycles. The van der Waals surface area contributed by atoms with Crippen molar-refractivity contribution in [2.24, 2.45) is 0 Å². The van der Waals surface area contributed by atoms with Gasteiger partial charge in [0, 0.05) is 24.7 Å². The van der Waals surface area contributed by atoms with Gasteiger partial charge >= 0.3 is 0 Å². The predicted octanol–water partition coefficient (Wildman–Crippen LogP) is 3.91. The fraction of sp³-hybridized carbons (Fsp3) is 0.562. The summed E-state index contributed by atoms with van der Waals surface area (Å²) in [7, 11) is 1.71. The number of rotatable bonds is 7. The van der Waals surface area contributed by atoms with Crippen molar-refractivity contribution in [1.82, 2.24) is 14.0 Å². The first-order valence-electron chi connectivity index (χ1n) is 7.77. The maximum absolute atomic E-state index is 6.21. The molecular formula is C16H22ClN3OS. The van der Waals surface area contributed by atoms with E-state index >= 15 is 0 Å². The molecule has 0 radical (unpaired) electrons. The zero-order valence-electron chi connectivity index (χ0n) is 13.1. The predicted molar refractivity (Wildman–Crippen MR) is 93.1 cm³/mol. The van der Waals surface area contributed by atoms with Crippen molar-refractivity contribution in [2.45, 2.75) is 39.0 Å². The summed E-state index contributed by atoms with van der Waals surface area (Å²) in [6.07, 6.45) is 2.59. The van der Waals surface area contributed by atoms with Crippen LogP contribution < -0.4 is 0 Å². The molecule has 0 spiro atoms. The summed E-state index contributed by atoms with van der Waals surface area (Å²) < 4.78 is 10.4. The van der Waals surface area contributed by atoms with Crippen LogP contribution in [0, 0.1) is 4.77 Å². The van der Waals surface area contributed by atoms with Crippen LogP contribution in [0.25, 0.3) is 11.0 Å². The lowest BCUT2D eigenvalue weighted by Gasteiger charge is -2.20. The van der Waals surface area contributed by atoms with E-state index in [2.05, 4.69) is 21.0 Å². The third-order valence-corrected chi connectivity index (χ3v) is 4.97. The minimum absolute atomic E-state index is 0.649. The van der Waals surface area contributed by atoms with Gasteiger partial charge in [-0.1, -0.05) is 18.5 Å². The fourth-order valence-electron chi connectivity index (χ4n) is 2.92. The summed E-state index contributed by atoms with van der Waals surface area (Å²) >= 11 is 11.9. The average molecular weight is 340 g/mol. The zero-order chi connectivity index (χ0) is 15.7. The number of benzene rings is 1. The SMILES string of the molecule is CCN(Cn1c(=S)n(CCOC)c2ccc(Cl)cc21)C1CC1. The van der Waals surface area contributed by atoms with Gasteiger partial charge < -0.3 is 13.9 Å². The molecule has 0 amide bonds. The van der Waals surface area contributed by atoms with Crippen molar-refractivity contribution >= 4 is 34.9 Å². The molecule has 2 aromatic rings. The van der Waals surface area contributed by atoms with Crippen LogP contribution in [0.3, 0.4) is 0 Å². The minimum atomic E-state index is 0.649. The van der Waals surface area contributed by atoms with E-state index in [1.165, 1.54) is 12.8 Å². The number of fused-ring (bicyclic) bond motifs is 1. The Morgan fingerprint density at radius 1 is 1.32 bits per heavy atom. The molecule has 1 saturated carbocycles. The Balaban J connectivity index is 2.05. The molecule has 0 aliphatic heterocycles. The van der Waals surface area contributed by atoms with Gasteiger partial charge in [-0.15, -0.1) is 0 Å². The van der Waals surface area contributed by atoms with Gasteiger partial charge in [0.2, 0.25) is 0 Å². The monoisotopic (exact) mass is 339 g/mol. The van der Waals surface area contributed by atoms with Crippen LogP contribution in [0.5, 0.6) is 0 Å². The van der Waals surface area contributed by atoms with E-state index in [4.69, 9.17) is 28.6 Å². The highest BCUT2D eigenvalue weighted by Crippen LogP contribution is 2.29. The van der Waals surface area contributed by atoms with Crippen LogP contribution in [0.4, 0.5) is 0 Å². The molecule has 3 rings (SSSR count). The van der Waals surface area contributed by atoms with E-state index in [1.807, 2.05) is 18.2 Å². The van der Waals surface area contributed by atoms with Crippen LogP contribution in [0.1, 0.15) is 19.8 Å². The molecule has 0 atom stereocenters. The highest BCUT2D eigenvalue weighted by molar-refractivity contribution is 7.71. The van der Waals surface area contributed by atoms with Crippen LogP contribution in [0.2, 0.25) is 5.02 Å². The number of halogens is 1. The van der Waals surface area contributed by atoms with E-state index < -0.39 is 0 Å². The van der Waals surface area contributed by atoms with Crippen LogP contribution in [-0.4, -0.2) is 40.3 Å². The Kier molecular flexibility index (Phi) is 4.88. The van der Waals surface area contributed by atoms with Gasteiger partial charge in [-0.25, -0.2) is 0 Å². The summed E-state index contributed by atoms with van der Waals surface area (Å²) in [6.45, 7) is 5.49. The van der Waals surface area contributed by atoms with Crippen molar-refractivity contribution in [2.75, 3.05) is 20.3 Å². The molecule has 6 heteroatoms. The fourth-order valence-corrected chi connectivity index (χ4v) is 3.44. The molecule has 1 aliphatic rings. The second kappa shape index (κ2) is 6.71. The van der Waals surface area contributed by atoms with Crippen molar-refractivity contribution in [1.29, 1.82) is 0 Å². The molecule has 1 aliphatic carbocycles. The second-order valence-corrected chi connectivity index (χ2v) is 6.57. The maximum atomic E-state index is 6.21. The summed E-state index contributed by atoms with van der Waals surface area (Å²) in [5, 5.41) is 0.745. The normalized spacial score (nSPS) is 15.1. The molecule has 0 bridgehead atoms. The molecule has 120 valence electrons. The summed E-state index contributed by atoms with van der Waals surface area (Å²) in [5.41, 5.74) is 2.23. The standard InChI is InChI=1S/C16H22ClN3OS/c1-3-18(13-5-6-13)11-20-15-10-12(17)4-7-14(15)19(16(20)22)8-9-21-2/h4,7,10,13H,3,5-6,8-9,11H2,1-2H3. The number of nitrogens with zero attached hydrogens (tertiary/aromatic N) is 3. The Morgan fingerprint density at radius 3 is 2.73 bits per heavy atom. The Morgan fingerprint density at radius 2 is 2.09 bits per heavy atom. The minimum Gasteiger partial charge on any atom is -0.383 e. The number of ether oxygens (including phenoxy) is 1. The lowest BCUT2D eigenvalue weighted by Crippen LogP contribution is -2.28. The Labute approximate surface area is 141 Å². The molecule has 1 aromatic heterocycles. The van der Waals surface area contributed by atoms with Gasteiger partial charge in [-0.05, 0) is 49.8 Å². The maximum Gasteiger partial charge on any atom is 0.181 e. The van der Waals surface area contributed by atoms with E-state index in [0.717, 1.165) is 40.6 Å². The Bertz CT molecular complexity index is 720. The smallest absolute Gasteiger partial charge is 0.181 e. The molecule has 0 N–H and O–H groups in total. The number of aromatic nitrogens is 2. The third kappa shape index (κ3) is 3.08. The largest absolute Gasteiger partial charge is 0.383 e. The van der Waals surface area contributed by atoms with E-state index in [9.17, 15) is 0 Å². The van der Waals surface area contributed by atoms with Gasteiger partial charge in [-0.3, -0.25) is 4.90 Å². The molecule has 22 heavy (non-hydrogen) atoms. The van der Waals surface area contributed by atoms with Crippen molar-refractivity contribution in [3.63, 3.8) is 0 Å². The van der Waals surface area contributed by atoms with Crippen LogP contribution >= 0.6 is 23.8 Å². The molecule has 0 saturated heterocycles. The zero-order valence-corrected chi connectivity index (χ0v) is 14.7. The quantitative estimate of drug-likeness (QED) is 0.714. The van der Waals surface area contributed by atoms with Crippen LogP contribution in [0.15, 0.2) is 18.2 Å². The molecular weight excluding hydrogens is 318 g/mol. The highest BCUT2D eigenvalue weighted by Gasteiger charge is 2.28. The summed E-state index contributed by atoms with van der Waals surface area (Å²) in [6, 6.07) is 6.69. The van der Waals surface area contributed by atoms with Gasteiger partial charge in [0.25, 0.3) is 0 Å². The van der Waals surface area contributed by atoms with Crippen LogP contribution in [-0.2, 0) is 18.0 Å². The van der Waals surface area contributed by atoms with E-state index in [0.29, 0.717) is 12.6 Å². The third-order valence-electron chi connectivity index (χ3n) is 4.29. The van der Waals surface area contributed by atoms with Gasteiger partial charge in [0.1, 0.15) is 0 Å². The number of hydrogen-bond donors (Lipinski definition) is 0. The van der Waals surface area contributed by atoms with E-state index in [-0.39, 0.29) is 0 Å². The van der Waals surface area contributed by atoms with Crippen molar-refractivity contribution in [3.8, 4) is 0 Å². The second-order valence-electron chi connectivity index (χ2n) is 5.77. The van der Waals surface area contributed by atoms with Gasteiger partial charge in [0.15, 0.2) is 4.77 Å². The number of hydrogen-bond acceptors (Lipinski definition) is 3. The first-order chi connectivity index (χ1) is 10.7. The molecule has 4 nitrogen and oxygen atoms in total. The number of imidazole rings is 1. The van der Waals surface area contributed by atoms with Crippen molar-refractivity contribution < 1.29 is 4.74 Å². The van der Waals surface area contributed by atoms with Gasteiger partial charge in [0.05, 0.1) is 24.3 Å². The first kappa shape index (κ1) is 16.0. The molecule has 1 fully saturated rings. The average Bonchev–Trinajstić information content (AvgIpc) is 3.31. The number of methoxy groups -OCH3 is 1. The highest BCUT2D eigenvalue weighted by atomic mass is 35.5. The molecule has 1 aromatic carbocycles.